The summed E-state index contributed by atoms with van der Waals surface area (Å²) in [5, 5.41) is 2.54. The Hall–Kier alpha value is -2.52. The zero-order chi connectivity index (χ0) is 21.1. The van der Waals surface area contributed by atoms with Crippen molar-refractivity contribution in [1.29, 1.82) is 0 Å². The summed E-state index contributed by atoms with van der Waals surface area (Å²) in [5.41, 5.74) is -0.748. The molecule has 0 saturated carbocycles. The van der Waals surface area contributed by atoms with Gasteiger partial charge in [-0.1, -0.05) is 0 Å². The fourth-order valence-corrected chi connectivity index (χ4v) is 3.59. The predicted octanol–water partition coefficient (Wildman–Crippen LogP) is 0.884. The van der Waals surface area contributed by atoms with E-state index in [1.807, 2.05) is 0 Å². The number of nitrogens with one attached hydrogen (secondary N) is 1. The van der Waals surface area contributed by atoms with Crippen molar-refractivity contribution in [1.82, 2.24) is 15.1 Å². The van der Waals surface area contributed by atoms with Crippen molar-refractivity contribution in [3.63, 3.8) is 0 Å². The van der Waals surface area contributed by atoms with Gasteiger partial charge in [0.1, 0.15) is 17.7 Å². The Labute approximate surface area is 164 Å². The number of hydrogen-bond acceptors (Lipinski definition) is 7. The van der Waals surface area contributed by atoms with Crippen molar-refractivity contribution in [2.45, 2.75) is 63.8 Å². The van der Waals surface area contributed by atoms with E-state index in [1.54, 1.807) is 20.8 Å². The van der Waals surface area contributed by atoms with Gasteiger partial charge in [-0.3, -0.25) is 4.79 Å². The molecular weight excluding hydrogens is 370 g/mol. The molecule has 0 aromatic rings. The number of nitrogens with zero attached hydrogens (tertiary/aromatic N) is 2. The minimum Gasteiger partial charge on any atom is -0.467 e. The average molecular weight is 399 g/mol. The maximum absolute atomic E-state index is 13.2. The fourth-order valence-electron chi connectivity index (χ4n) is 3.59. The molecule has 0 aromatic carbocycles. The summed E-state index contributed by atoms with van der Waals surface area (Å²) in [6.07, 6.45) is 0.231. The smallest absolute Gasteiger partial charge is 0.409 e. The highest BCUT2D eigenvalue weighted by Gasteiger charge is 2.46. The van der Waals surface area contributed by atoms with E-state index in [1.165, 1.54) is 24.0 Å². The van der Waals surface area contributed by atoms with E-state index in [0.29, 0.717) is 25.8 Å². The molecule has 2 heterocycles. The number of carbonyl (C=O) groups is 4. The van der Waals surface area contributed by atoms with Crippen LogP contribution in [0.4, 0.5) is 9.59 Å². The predicted molar refractivity (Wildman–Crippen MR) is 97.4 cm³/mol. The van der Waals surface area contributed by atoms with Crippen LogP contribution in [0.5, 0.6) is 0 Å². The first-order valence-electron chi connectivity index (χ1n) is 9.29. The first kappa shape index (κ1) is 21.8. The highest BCUT2D eigenvalue weighted by Crippen LogP contribution is 2.30. The maximum atomic E-state index is 13.2. The number of esters is 1. The Morgan fingerprint density at radius 1 is 1.07 bits per heavy atom. The van der Waals surface area contributed by atoms with Crippen molar-refractivity contribution in [2.75, 3.05) is 27.3 Å². The van der Waals surface area contributed by atoms with Gasteiger partial charge in [-0.25, -0.2) is 14.4 Å². The zero-order valence-electron chi connectivity index (χ0n) is 17.0. The Morgan fingerprint density at radius 3 is 2.32 bits per heavy atom. The summed E-state index contributed by atoms with van der Waals surface area (Å²) >= 11 is 0. The van der Waals surface area contributed by atoms with Crippen LogP contribution in [0, 0.1) is 0 Å². The molecule has 2 saturated heterocycles. The van der Waals surface area contributed by atoms with Gasteiger partial charge in [0, 0.05) is 12.6 Å². The third kappa shape index (κ3) is 5.05. The topological polar surface area (TPSA) is 114 Å². The van der Waals surface area contributed by atoms with Gasteiger partial charge in [0.25, 0.3) is 0 Å². The van der Waals surface area contributed by atoms with Gasteiger partial charge < -0.3 is 29.3 Å². The van der Waals surface area contributed by atoms with Gasteiger partial charge in [-0.2, -0.15) is 0 Å². The van der Waals surface area contributed by atoms with Crippen LogP contribution in [0.2, 0.25) is 0 Å². The van der Waals surface area contributed by atoms with Gasteiger partial charge in [-0.15, -0.1) is 0 Å². The molecule has 10 heteroatoms. The molecule has 28 heavy (non-hydrogen) atoms. The average Bonchev–Trinajstić information content (AvgIpc) is 3.02. The minimum absolute atomic E-state index is 0.0815. The first-order chi connectivity index (χ1) is 13.1. The van der Waals surface area contributed by atoms with Crippen LogP contribution in [0.1, 0.15) is 40.0 Å². The number of rotatable bonds is 2. The molecule has 1 N–H and O–H groups in total. The molecule has 2 aliphatic heterocycles. The molecular formula is C18H29N3O7. The summed E-state index contributed by atoms with van der Waals surface area (Å²) in [6.45, 7) is 5.37. The summed E-state index contributed by atoms with van der Waals surface area (Å²) in [7, 11) is 2.54. The second kappa shape index (κ2) is 8.66. The molecule has 3 amide bonds. The minimum atomic E-state index is -1.07. The second-order valence-corrected chi connectivity index (χ2v) is 7.92. The number of hydrogen-bond donors (Lipinski definition) is 1. The molecule has 2 aliphatic rings. The van der Waals surface area contributed by atoms with Gasteiger partial charge in [0.15, 0.2) is 0 Å². The van der Waals surface area contributed by atoms with Crippen LogP contribution in [0.3, 0.4) is 0 Å². The van der Waals surface area contributed by atoms with E-state index in [-0.39, 0.29) is 12.6 Å². The summed E-state index contributed by atoms with van der Waals surface area (Å²) < 4.78 is 14.9. The van der Waals surface area contributed by atoms with Crippen LogP contribution >= 0.6 is 0 Å². The summed E-state index contributed by atoms with van der Waals surface area (Å²) in [5.74, 6) is -0.936. The van der Waals surface area contributed by atoms with Crippen molar-refractivity contribution >= 4 is 24.1 Å². The van der Waals surface area contributed by atoms with Crippen molar-refractivity contribution in [3.05, 3.63) is 0 Å². The Morgan fingerprint density at radius 2 is 1.75 bits per heavy atom. The van der Waals surface area contributed by atoms with Gasteiger partial charge in [-0.05, 0) is 40.0 Å². The van der Waals surface area contributed by atoms with E-state index in [4.69, 9.17) is 14.2 Å². The van der Waals surface area contributed by atoms with Gasteiger partial charge >= 0.3 is 18.2 Å². The lowest BCUT2D eigenvalue weighted by Crippen LogP contribution is -2.60. The van der Waals surface area contributed by atoms with Crippen molar-refractivity contribution in [2.24, 2.45) is 0 Å². The van der Waals surface area contributed by atoms with Crippen LogP contribution in [0.15, 0.2) is 0 Å². The van der Waals surface area contributed by atoms with Crippen molar-refractivity contribution < 1.29 is 33.4 Å². The molecule has 2 fully saturated rings. The van der Waals surface area contributed by atoms with Crippen LogP contribution in [-0.2, 0) is 23.8 Å². The van der Waals surface area contributed by atoms with E-state index >= 15 is 0 Å². The molecule has 0 aromatic heterocycles. The first-order valence-corrected chi connectivity index (χ1v) is 9.29. The monoisotopic (exact) mass is 399 g/mol. The zero-order valence-corrected chi connectivity index (χ0v) is 17.0. The number of alkyl carbamates (subject to hydrolysis) is 1. The molecule has 0 unspecified atom stereocenters. The molecule has 158 valence electrons. The quantitative estimate of drug-likeness (QED) is 0.541. The highest BCUT2D eigenvalue weighted by atomic mass is 16.6. The number of methoxy groups -OCH3 is 2. The van der Waals surface area contributed by atoms with Crippen LogP contribution in [0.25, 0.3) is 0 Å². The molecule has 0 aliphatic carbocycles. The summed E-state index contributed by atoms with van der Waals surface area (Å²) in [4.78, 5) is 52.6. The molecule has 0 spiro atoms. The Bertz CT molecular complexity index is 631. The number of amides is 3. The van der Waals surface area contributed by atoms with Crippen LogP contribution in [-0.4, -0.2) is 84.9 Å². The number of ether oxygens (including phenoxy) is 3. The molecule has 3 atom stereocenters. The second-order valence-electron chi connectivity index (χ2n) is 7.92. The van der Waals surface area contributed by atoms with E-state index in [2.05, 4.69) is 5.32 Å². The molecule has 0 radical (unpaired) electrons. The van der Waals surface area contributed by atoms with Crippen molar-refractivity contribution in [3.8, 4) is 0 Å². The van der Waals surface area contributed by atoms with Crippen LogP contribution < -0.4 is 5.32 Å². The summed E-state index contributed by atoms with van der Waals surface area (Å²) in [6, 6.07) is -2.00. The lowest BCUT2D eigenvalue weighted by Gasteiger charge is -2.38. The molecule has 0 bridgehead atoms. The van der Waals surface area contributed by atoms with Gasteiger partial charge in [0.05, 0.1) is 20.8 Å². The highest BCUT2D eigenvalue weighted by molar-refractivity contribution is 5.91. The van der Waals surface area contributed by atoms with E-state index < -0.39 is 41.7 Å². The Balaban J connectivity index is 2.27. The maximum Gasteiger partial charge on any atom is 0.409 e. The largest absolute Gasteiger partial charge is 0.467 e. The normalized spacial score (nSPS) is 25.3. The molecule has 2 rings (SSSR count). The lowest BCUT2D eigenvalue weighted by atomic mass is 10.1. The Kier molecular flexibility index (Phi) is 6.73. The standard InChI is InChI=1S/C18H29N3O7/c1-18(2,3)28-16(24)19-12-10-20(17(25)27-5)9-8-11-6-7-13(15(23)26-4)21(11)14(12)22/h11-13H,6-10H2,1-5H3,(H,19,24)/t11-,12+,13+/m1/s1. The fraction of sp³-hybridized carbons (Fsp3) is 0.778. The van der Waals surface area contributed by atoms with Gasteiger partial charge in [0.2, 0.25) is 5.91 Å². The third-order valence-electron chi connectivity index (χ3n) is 4.79. The van der Waals surface area contributed by atoms with E-state index in [9.17, 15) is 19.2 Å². The number of fused-ring (bicyclic) bond motifs is 1. The molecule has 10 nitrogen and oxygen atoms in total. The number of carbonyl (C=O) groups excluding carboxylic acids is 4. The SMILES string of the molecule is COC(=O)[C@@H]1CC[C@@H]2CCN(C(=O)OC)C[C@H](NC(=O)OC(C)(C)C)C(=O)N21. The lowest BCUT2D eigenvalue weighted by molar-refractivity contribution is -0.153. The third-order valence-corrected chi connectivity index (χ3v) is 4.79. The van der Waals surface area contributed by atoms with E-state index in [0.717, 1.165) is 0 Å².